The number of carbonyl (C=O) groups excluding carboxylic acids is 1. The van der Waals surface area contributed by atoms with Crippen LogP contribution in [0.1, 0.15) is 43.7 Å². The Labute approximate surface area is 168 Å². The van der Waals surface area contributed by atoms with Crippen molar-refractivity contribution in [3.63, 3.8) is 0 Å². The van der Waals surface area contributed by atoms with E-state index in [1.54, 1.807) is 14.2 Å². The number of allylic oxidation sites excluding steroid dienone is 2. The largest absolute Gasteiger partial charge is 0.497 e. The lowest BCUT2D eigenvalue weighted by Gasteiger charge is -2.35. The van der Waals surface area contributed by atoms with Crippen LogP contribution in [-0.4, -0.2) is 62.8 Å². The summed E-state index contributed by atoms with van der Waals surface area (Å²) in [5.41, 5.74) is 3.52. The third kappa shape index (κ3) is 4.27. The molecule has 2 aliphatic heterocycles. The number of hydrogen-bond donors (Lipinski definition) is 1. The number of ether oxygens (including phenoxy) is 2. The summed E-state index contributed by atoms with van der Waals surface area (Å²) in [6.45, 7) is 8.19. The number of amides is 2. The molecule has 154 valence electrons. The van der Waals surface area contributed by atoms with Gasteiger partial charge in [0.1, 0.15) is 11.5 Å². The molecule has 1 N–H and O–H groups in total. The highest BCUT2D eigenvalue weighted by atomic mass is 16.5. The van der Waals surface area contributed by atoms with Gasteiger partial charge < -0.3 is 19.7 Å². The quantitative estimate of drug-likeness (QED) is 0.864. The van der Waals surface area contributed by atoms with Crippen LogP contribution in [-0.2, 0) is 6.42 Å². The Hall–Kier alpha value is -2.21. The molecule has 0 spiro atoms. The van der Waals surface area contributed by atoms with Crippen molar-refractivity contribution in [2.75, 3.05) is 46.9 Å². The van der Waals surface area contributed by atoms with Gasteiger partial charge in [0, 0.05) is 49.4 Å². The first-order valence-corrected chi connectivity index (χ1v) is 10.3. The molecule has 1 aromatic rings. The van der Waals surface area contributed by atoms with E-state index < -0.39 is 0 Å². The average Bonchev–Trinajstić information content (AvgIpc) is 2.70. The maximum absolute atomic E-state index is 13.3. The molecule has 2 heterocycles. The molecule has 0 bridgehead atoms. The van der Waals surface area contributed by atoms with E-state index in [4.69, 9.17) is 9.47 Å². The monoisotopic (exact) mass is 387 g/mol. The summed E-state index contributed by atoms with van der Waals surface area (Å²) in [6.07, 6.45) is 4.96. The van der Waals surface area contributed by atoms with Crippen LogP contribution in [0.15, 0.2) is 23.9 Å². The maximum Gasteiger partial charge on any atom is 0.324 e. The molecule has 0 unspecified atom stereocenters. The van der Waals surface area contributed by atoms with Crippen molar-refractivity contribution in [3.05, 3.63) is 35.0 Å². The smallest absolute Gasteiger partial charge is 0.324 e. The van der Waals surface area contributed by atoms with Crippen molar-refractivity contribution in [2.24, 2.45) is 0 Å². The Balaban J connectivity index is 2.03. The van der Waals surface area contributed by atoms with E-state index in [2.05, 4.69) is 24.4 Å². The topological polar surface area (TPSA) is 54.0 Å². The van der Waals surface area contributed by atoms with Crippen LogP contribution in [0.3, 0.4) is 0 Å². The SMILES string of the molecule is CCN1CCNCCC/C2=C/[C@H](C)c3c(cc(OC)cc3OC)CCN2C1=O. The molecule has 1 saturated heterocycles. The number of benzene rings is 1. The highest BCUT2D eigenvalue weighted by molar-refractivity contribution is 5.76. The zero-order valence-corrected chi connectivity index (χ0v) is 17.6. The summed E-state index contributed by atoms with van der Waals surface area (Å²) in [5.74, 6) is 1.81. The summed E-state index contributed by atoms with van der Waals surface area (Å²) >= 11 is 0. The Kier molecular flexibility index (Phi) is 6.83. The average molecular weight is 388 g/mol. The first-order valence-electron chi connectivity index (χ1n) is 10.3. The summed E-state index contributed by atoms with van der Waals surface area (Å²) in [7, 11) is 3.38. The fraction of sp³-hybridized carbons (Fsp3) is 0.591. The van der Waals surface area contributed by atoms with Crippen LogP contribution in [0.2, 0.25) is 0 Å². The molecular formula is C22H33N3O3. The standard InChI is InChI=1S/C22H33N3O3/c1-5-24-12-10-23-9-6-7-18-13-16(2)21-17(8-11-25(18)22(24)26)14-19(27-3)15-20(21)28-4/h13-16,23H,5-12H2,1-4H3/b18-13-/t16-/m0/s1. The van der Waals surface area contributed by atoms with Gasteiger partial charge in [-0.3, -0.25) is 4.90 Å². The molecule has 6 nitrogen and oxygen atoms in total. The summed E-state index contributed by atoms with van der Waals surface area (Å²) in [6, 6.07) is 4.15. The van der Waals surface area contributed by atoms with Gasteiger partial charge in [0.2, 0.25) is 0 Å². The number of nitrogens with zero attached hydrogens (tertiary/aromatic N) is 2. The van der Waals surface area contributed by atoms with Crippen LogP contribution in [0, 0.1) is 0 Å². The Morgan fingerprint density at radius 1 is 1.14 bits per heavy atom. The number of nitrogens with one attached hydrogen (secondary N) is 1. The van der Waals surface area contributed by atoms with Crippen LogP contribution in [0.5, 0.6) is 11.5 Å². The third-order valence-electron chi connectivity index (χ3n) is 5.73. The van der Waals surface area contributed by atoms with Crippen molar-refractivity contribution in [2.45, 2.75) is 39.0 Å². The van der Waals surface area contributed by atoms with Crippen molar-refractivity contribution < 1.29 is 14.3 Å². The molecule has 0 saturated carbocycles. The highest BCUT2D eigenvalue weighted by Gasteiger charge is 2.28. The van der Waals surface area contributed by atoms with E-state index in [0.717, 1.165) is 62.6 Å². The van der Waals surface area contributed by atoms with Gasteiger partial charge in [0.25, 0.3) is 0 Å². The fourth-order valence-electron chi connectivity index (χ4n) is 4.23. The van der Waals surface area contributed by atoms with Crippen molar-refractivity contribution in [1.29, 1.82) is 0 Å². The van der Waals surface area contributed by atoms with Gasteiger partial charge in [-0.2, -0.15) is 0 Å². The fourth-order valence-corrected chi connectivity index (χ4v) is 4.23. The van der Waals surface area contributed by atoms with Gasteiger partial charge in [0.15, 0.2) is 0 Å². The first-order chi connectivity index (χ1) is 13.6. The molecular weight excluding hydrogens is 354 g/mol. The first kappa shape index (κ1) is 20.5. The summed E-state index contributed by atoms with van der Waals surface area (Å²) in [5, 5.41) is 3.45. The molecule has 0 aliphatic carbocycles. The van der Waals surface area contributed by atoms with Gasteiger partial charge in [-0.25, -0.2) is 4.79 Å². The molecule has 28 heavy (non-hydrogen) atoms. The van der Waals surface area contributed by atoms with Crippen LogP contribution in [0.25, 0.3) is 0 Å². The summed E-state index contributed by atoms with van der Waals surface area (Å²) in [4.78, 5) is 17.2. The molecule has 2 aliphatic rings. The predicted octanol–water partition coefficient (Wildman–Crippen LogP) is 3.37. The van der Waals surface area contributed by atoms with E-state index in [0.29, 0.717) is 6.54 Å². The number of hydrogen-bond acceptors (Lipinski definition) is 4. The zero-order chi connectivity index (χ0) is 20.1. The predicted molar refractivity (Wildman–Crippen MR) is 111 cm³/mol. The normalized spacial score (nSPS) is 22.9. The van der Waals surface area contributed by atoms with E-state index in [1.165, 1.54) is 11.1 Å². The number of rotatable bonds is 3. The molecule has 0 aromatic heterocycles. The van der Waals surface area contributed by atoms with Crippen LogP contribution < -0.4 is 14.8 Å². The number of urea groups is 1. The minimum Gasteiger partial charge on any atom is -0.497 e. The Bertz CT molecular complexity index is 732. The molecule has 2 amide bonds. The van der Waals surface area contributed by atoms with E-state index in [9.17, 15) is 4.79 Å². The molecule has 1 atom stereocenters. The summed E-state index contributed by atoms with van der Waals surface area (Å²) < 4.78 is 11.2. The van der Waals surface area contributed by atoms with Crippen molar-refractivity contribution in [1.82, 2.24) is 15.1 Å². The van der Waals surface area contributed by atoms with Gasteiger partial charge >= 0.3 is 6.03 Å². The van der Waals surface area contributed by atoms with E-state index in [1.807, 2.05) is 22.8 Å². The lowest BCUT2D eigenvalue weighted by Crippen LogP contribution is -2.47. The molecule has 1 fully saturated rings. The number of fused-ring (bicyclic) bond motifs is 2. The number of carbonyl (C=O) groups is 1. The van der Waals surface area contributed by atoms with Gasteiger partial charge in [-0.1, -0.05) is 13.0 Å². The maximum atomic E-state index is 13.3. The number of likely N-dealkylation sites (N-methyl/N-ethyl adjacent to an activating group) is 1. The Morgan fingerprint density at radius 2 is 1.96 bits per heavy atom. The lowest BCUT2D eigenvalue weighted by atomic mass is 9.89. The molecule has 6 heteroatoms. The Morgan fingerprint density at radius 3 is 2.68 bits per heavy atom. The van der Waals surface area contributed by atoms with Gasteiger partial charge in [-0.05, 0) is 44.4 Å². The van der Waals surface area contributed by atoms with E-state index in [-0.39, 0.29) is 11.9 Å². The second-order valence-electron chi connectivity index (χ2n) is 7.47. The molecule has 0 radical (unpaired) electrons. The van der Waals surface area contributed by atoms with Crippen LogP contribution >= 0.6 is 0 Å². The second kappa shape index (κ2) is 9.32. The molecule has 3 rings (SSSR count). The zero-order valence-electron chi connectivity index (χ0n) is 17.6. The third-order valence-corrected chi connectivity index (χ3v) is 5.73. The molecule has 1 aromatic carbocycles. The highest BCUT2D eigenvalue weighted by Crippen LogP contribution is 2.38. The van der Waals surface area contributed by atoms with Crippen LogP contribution in [0.4, 0.5) is 4.79 Å². The van der Waals surface area contributed by atoms with Gasteiger partial charge in [0.05, 0.1) is 14.2 Å². The number of methoxy groups -OCH3 is 2. The minimum atomic E-state index is 0.114. The van der Waals surface area contributed by atoms with Crippen molar-refractivity contribution >= 4 is 6.03 Å². The minimum absolute atomic E-state index is 0.114. The van der Waals surface area contributed by atoms with E-state index >= 15 is 0 Å². The second-order valence-corrected chi connectivity index (χ2v) is 7.47. The van der Waals surface area contributed by atoms with Gasteiger partial charge in [-0.15, -0.1) is 0 Å². The lowest BCUT2D eigenvalue weighted by molar-refractivity contribution is 0.164. The van der Waals surface area contributed by atoms with Crippen molar-refractivity contribution in [3.8, 4) is 11.5 Å².